The Labute approximate surface area is 139 Å². The molecule has 110 valence electrons. The Balaban J connectivity index is 0.00000161. The summed E-state index contributed by atoms with van der Waals surface area (Å²) in [4.78, 5) is 28.7. The van der Waals surface area contributed by atoms with Crippen LogP contribution in [0.15, 0.2) is 34.1 Å². The van der Waals surface area contributed by atoms with Crippen LogP contribution in [0, 0.1) is 0 Å². The summed E-state index contributed by atoms with van der Waals surface area (Å²) in [6, 6.07) is 6.77. The van der Waals surface area contributed by atoms with E-state index in [0.29, 0.717) is 33.1 Å². The third-order valence-corrected chi connectivity index (χ3v) is 4.13. The second-order valence-electron chi connectivity index (χ2n) is 4.23. The van der Waals surface area contributed by atoms with Crippen LogP contribution in [-0.4, -0.2) is 17.0 Å². The molecule has 0 aliphatic carbocycles. The predicted molar refractivity (Wildman–Crippen MR) is 89.1 cm³/mol. The average molecular weight is 389 g/mol. The molecule has 1 aromatic carbocycles. The zero-order valence-electron chi connectivity index (χ0n) is 10.7. The van der Waals surface area contributed by atoms with Crippen LogP contribution in [-0.2, 0) is 11.3 Å². The number of halogens is 2. The number of carbonyl (C=O) groups is 1. The minimum Gasteiger partial charge on any atom is -0.322 e. The normalized spacial score (nSPS) is 13.3. The van der Waals surface area contributed by atoms with Crippen molar-refractivity contribution in [3.8, 4) is 0 Å². The Bertz CT molecular complexity index is 842. The number of rotatable bonds is 2. The van der Waals surface area contributed by atoms with Crippen LogP contribution in [0.5, 0.6) is 0 Å². The van der Waals surface area contributed by atoms with Crippen molar-refractivity contribution >= 4 is 57.6 Å². The van der Waals surface area contributed by atoms with E-state index in [-0.39, 0.29) is 28.4 Å². The molecular formula is C13H11BrClN3O2S. The predicted octanol–water partition coefficient (Wildman–Crippen LogP) is 1.19. The van der Waals surface area contributed by atoms with E-state index < -0.39 is 0 Å². The standard InChI is InChI=1S/C13H10ClN3O2S.BrH/c14-8-1-3-9(4-2-8)16-11(18)7-10-12(19)17-6-5-15-13(17)20-10;/h1-4,7H,5-6H2,(H,16,18);1H/b10-7-;. The van der Waals surface area contributed by atoms with Gasteiger partial charge in [0.05, 0.1) is 6.54 Å². The van der Waals surface area contributed by atoms with E-state index in [4.69, 9.17) is 11.6 Å². The maximum Gasteiger partial charge on any atom is 0.270 e. The van der Waals surface area contributed by atoms with Crippen molar-refractivity contribution in [3.63, 3.8) is 0 Å². The van der Waals surface area contributed by atoms with E-state index in [1.165, 1.54) is 17.4 Å². The average Bonchev–Trinajstić information content (AvgIpc) is 2.97. The zero-order valence-corrected chi connectivity index (χ0v) is 14.0. The second kappa shape index (κ2) is 6.55. The summed E-state index contributed by atoms with van der Waals surface area (Å²) >= 11 is 7.00. The maximum atomic E-state index is 12.0. The van der Waals surface area contributed by atoms with Crippen molar-refractivity contribution in [1.29, 1.82) is 0 Å². The molecule has 8 heteroatoms. The SMILES string of the molecule is Br.O=C(/C=c1\sc2n(c1=O)CCN=2)Nc1ccc(Cl)cc1. The maximum absolute atomic E-state index is 12.0. The third kappa shape index (κ3) is 3.42. The summed E-state index contributed by atoms with van der Waals surface area (Å²) in [5, 5.41) is 3.28. The van der Waals surface area contributed by atoms with Gasteiger partial charge in [-0.25, -0.2) is 0 Å². The minimum atomic E-state index is -0.343. The van der Waals surface area contributed by atoms with Crippen LogP contribution in [0.1, 0.15) is 0 Å². The van der Waals surface area contributed by atoms with Crippen molar-refractivity contribution < 1.29 is 4.79 Å². The van der Waals surface area contributed by atoms with Gasteiger partial charge in [-0.2, -0.15) is 0 Å². The van der Waals surface area contributed by atoms with E-state index in [1.807, 2.05) is 0 Å². The molecule has 3 rings (SSSR count). The molecule has 1 aromatic heterocycles. The smallest absolute Gasteiger partial charge is 0.270 e. The molecule has 0 spiro atoms. The molecule has 0 fully saturated rings. The summed E-state index contributed by atoms with van der Waals surface area (Å²) in [7, 11) is 0. The van der Waals surface area contributed by atoms with Crippen molar-refractivity contribution in [3.05, 3.63) is 49.0 Å². The van der Waals surface area contributed by atoms with Gasteiger partial charge in [0, 0.05) is 23.3 Å². The van der Waals surface area contributed by atoms with E-state index in [9.17, 15) is 9.59 Å². The number of nitrogens with zero attached hydrogens (tertiary/aromatic N) is 2. The first-order valence-electron chi connectivity index (χ1n) is 5.96. The lowest BCUT2D eigenvalue weighted by molar-refractivity contribution is -0.110. The number of hydrogen-bond donors (Lipinski definition) is 1. The van der Waals surface area contributed by atoms with Gasteiger partial charge in [0.1, 0.15) is 4.53 Å². The Hall–Kier alpha value is -1.44. The van der Waals surface area contributed by atoms with Crippen molar-refractivity contribution in [2.75, 3.05) is 11.9 Å². The van der Waals surface area contributed by atoms with Crippen LogP contribution in [0.3, 0.4) is 0 Å². The fourth-order valence-electron chi connectivity index (χ4n) is 1.90. The van der Waals surface area contributed by atoms with Gasteiger partial charge in [-0.3, -0.25) is 19.1 Å². The summed E-state index contributed by atoms with van der Waals surface area (Å²) in [6.07, 6.45) is 1.31. The second-order valence-corrected chi connectivity index (χ2v) is 5.67. The van der Waals surface area contributed by atoms with Gasteiger partial charge in [0.25, 0.3) is 5.56 Å². The molecule has 5 nitrogen and oxygen atoms in total. The molecule has 1 aliphatic rings. The number of hydrogen-bond acceptors (Lipinski definition) is 4. The van der Waals surface area contributed by atoms with Gasteiger partial charge in [-0.15, -0.1) is 17.0 Å². The largest absolute Gasteiger partial charge is 0.322 e. The Morgan fingerprint density at radius 3 is 2.76 bits per heavy atom. The Morgan fingerprint density at radius 1 is 1.38 bits per heavy atom. The van der Waals surface area contributed by atoms with Crippen LogP contribution in [0.25, 0.3) is 6.08 Å². The van der Waals surface area contributed by atoms with Gasteiger partial charge in [0.15, 0.2) is 4.80 Å². The van der Waals surface area contributed by atoms with Crippen LogP contribution < -0.4 is 20.2 Å². The summed E-state index contributed by atoms with van der Waals surface area (Å²) in [5.74, 6) is -0.343. The lowest BCUT2D eigenvalue weighted by Gasteiger charge is -2.00. The van der Waals surface area contributed by atoms with Gasteiger partial charge in [0.2, 0.25) is 5.91 Å². The summed E-state index contributed by atoms with van der Waals surface area (Å²) in [6.45, 7) is 1.23. The Kier molecular flexibility index (Phi) is 4.97. The molecule has 0 saturated heterocycles. The molecule has 2 aromatic rings. The number of thiazole rings is 1. The fourth-order valence-corrected chi connectivity index (χ4v) is 3.03. The molecule has 0 atom stereocenters. The molecule has 0 saturated carbocycles. The number of fused-ring (bicyclic) bond motifs is 1. The number of nitrogens with one attached hydrogen (secondary N) is 1. The first-order valence-corrected chi connectivity index (χ1v) is 7.15. The van der Waals surface area contributed by atoms with E-state index in [2.05, 4.69) is 10.3 Å². The van der Waals surface area contributed by atoms with Crippen LogP contribution in [0.4, 0.5) is 5.69 Å². The highest BCUT2D eigenvalue weighted by atomic mass is 79.9. The number of anilines is 1. The fraction of sp³-hybridized carbons (Fsp3) is 0.154. The van der Waals surface area contributed by atoms with Crippen molar-refractivity contribution in [1.82, 2.24) is 4.57 Å². The highest BCUT2D eigenvalue weighted by Gasteiger charge is 2.10. The molecule has 0 radical (unpaired) electrons. The van der Waals surface area contributed by atoms with Gasteiger partial charge >= 0.3 is 0 Å². The summed E-state index contributed by atoms with van der Waals surface area (Å²) in [5.41, 5.74) is 0.474. The molecule has 21 heavy (non-hydrogen) atoms. The quantitative estimate of drug-likeness (QED) is 0.840. The molecule has 0 unspecified atom stereocenters. The molecule has 0 bridgehead atoms. The van der Waals surface area contributed by atoms with E-state index in [1.54, 1.807) is 28.8 Å². The van der Waals surface area contributed by atoms with Gasteiger partial charge < -0.3 is 5.32 Å². The highest BCUT2D eigenvalue weighted by molar-refractivity contribution is 8.93. The highest BCUT2D eigenvalue weighted by Crippen LogP contribution is 2.13. The first-order chi connectivity index (χ1) is 9.63. The monoisotopic (exact) mass is 387 g/mol. The summed E-state index contributed by atoms with van der Waals surface area (Å²) < 4.78 is 1.99. The van der Waals surface area contributed by atoms with Gasteiger partial charge in [-0.05, 0) is 24.3 Å². The minimum absolute atomic E-state index is 0. The lowest BCUT2D eigenvalue weighted by atomic mass is 10.3. The molecule has 2 heterocycles. The topological polar surface area (TPSA) is 63.5 Å². The van der Waals surface area contributed by atoms with Crippen LogP contribution in [0.2, 0.25) is 5.02 Å². The Morgan fingerprint density at radius 2 is 2.10 bits per heavy atom. The van der Waals surface area contributed by atoms with E-state index >= 15 is 0 Å². The van der Waals surface area contributed by atoms with Gasteiger partial charge in [-0.1, -0.05) is 22.9 Å². The number of benzene rings is 1. The number of carbonyl (C=O) groups excluding carboxylic acids is 1. The third-order valence-electron chi connectivity index (χ3n) is 2.83. The molecular weight excluding hydrogens is 378 g/mol. The molecule has 1 aliphatic heterocycles. The van der Waals surface area contributed by atoms with E-state index in [0.717, 1.165) is 0 Å². The van der Waals surface area contributed by atoms with Crippen molar-refractivity contribution in [2.24, 2.45) is 4.99 Å². The first kappa shape index (κ1) is 15.9. The molecule has 1 N–H and O–H groups in total. The lowest BCUT2D eigenvalue weighted by Crippen LogP contribution is -2.30. The number of amides is 1. The van der Waals surface area contributed by atoms with Crippen molar-refractivity contribution in [2.45, 2.75) is 6.54 Å². The molecule has 1 amide bonds. The zero-order chi connectivity index (χ0) is 14.1. The van der Waals surface area contributed by atoms with Crippen LogP contribution >= 0.6 is 39.9 Å². The number of aromatic nitrogens is 1.